The van der Waals surface area contributed by atoms with E-state index in [9.17, 15) is 20.3 Å². The monoisotopic (exact) mass is 535 g/mol. The number of carbonyl (C=O) groups excluding carboxylic acids is 1. The molecule has 6 atom stereocenters. The molecule has 3 aliphatic heterocycles. The molecule has 1 fully saturated rings. The lowest BCUT2D eigenvalue weighted by atomic mass is 9.72. The average molecular weight is 536 g/mol. The molecule has 1 amide bonds. The molecule has 0 aromatic heterocycles. The second-order valence-corrected chi connectivity index (χ2v) is 11.0. The predicted octanol–water partition coefficient (Wildman–Crippen LogP) is 1.97. The Morgan fingerprint density at radius 1 is 1.10 bits per heavy atom. The maximum absolute atomic E-state index is 12.6. The van der Waals surface area contributed by atoms with Gasteiger partial charge in [0.05, 0.1) is 38.4 Å². The van der Waals surface area contributed by atoms with Crippen molar-refractivity contribution in [2.45, 2.75) is 69.9 Å². The Labute approximate surface area is 228 Å². The van der Waals surface area contributed by atoms with E-state index in [2.05, 4.69) is 27.3 Å². The molecule has 0 spiro atoms. The SMILES string of the molecule is COc1c(C)cc2c(c1O)[C@@H]1[C@@H]3Cc4cc(C)c(OC)c(O)c4[C@H](CNC(=O)[C@H](C)N)N3[C@@H](C#N)[C@H](C2)N1C. The molecule has 10 nitrogen and oxygen atoms in total. The van der Waals surface area contributed by atoms with Crippen LogP contribution in [0.5, 0.6) is 23.0 Å². The van der Waals surface area contributed by atoms with Crippen molar-refractivity contribution >= 4 is 5.91 Å². The summed E-state index contributed by atoms with van der Waals surface area (Å²) < 4.78 is 11.1. The van der Waals surface area contributed by atoms with Gasteiger partial charge in [-0.2, -0.15) is 5.26 Å². The molecule has 2 bridgehead atoms. The lowest BCUT2D eigenvalue weighted by molar-refractivity contribution is -0.123. The van der Waals surface area contributed by atoms with Crippen molar-refractivity contribution < 1.29 is 24.5 Å². The summed E-state index contributed by atoms with van der Waals surface area (Å²) in [5, 5.41) is 36.4. The van der Waals surface area contributed by atoms with Gasteiger partial charge in [0.1, 0.15) is 6.04 Å². The smallest absolute Gasteiger partial charge is 0.236 e. The van der Waals surface area contributed by atoms with Crippen LogP contribution in [0.25, 0.3) is 0 Å². The minimum atomic E-state index is -0.705. The van der Waals surface area contributed by atoms with E-state index in [1.807, 2.05) is 27.0 Å². The number of amides is 1. The van der Waals surface area contributed by atoms with Crippen molar-refractivity contribution in [2.24, 2.45) is 5.73 Å². The molecule has 1 saturated heterocycles. The summed E-state index contributed by atoms with van der Waals surface area (Å²) in [6.07, 6.45) is 1.09. The van der Waals surface area contributed by atoms with Crippen LogP contribution in [-0.4, -0.2) is 77.9 Å². The lowest BCUT2D eigenvalue weighted by Gasteiger charge is -2.60. The van der Waals surface area contributed by atoms with Crippen molar-refractivity contribution in [2.75, 3.05) is 27.8 Å². The maximum atomic E-state index is 12.6. The van der Waals surface area contributed by atoms with Gasteiger partial charge in [0, 0.05) is 29.8 Å². The number of nitrogens with one attached hydrogen (secondary N) is 1. The van der Waals surface area contributed by atoms with Crippen LogP contribution in [0.1, 0.15) is 52.4 Å². The van der Waals surface area contributed by atoms with Gasteiger partial charge in [-0.15, -0.1) is 0 Å². The van der Waals surface area contributed by atoms with Gasteiger partial charge >= 0.3 is 0 Å². The lowest BCUT2D eigenvalue weighted by Crippen LogP contribution is -2.68. The Morgan fingerprint density at radius 3 is 2.18 bits per heavy atom. The number of aromatic hydroxyl groups is 2. The molecule has 3 aliphatic rings. The number of aryl methyl sites for hydroxylation is 2. The number of likely N-dealkylation sites (N-methyl/N-ethyl adjacent to an activating group) is 1. The standard InChI is InChI=1S/C29H37N5O5/c1-13-7-16-10-19-24-23-17(8-14(2)28(39-6)26(23)36)9-18(33(24)4)20(11-30)34(19)21(12-32-29(37)15(3)31)22(16)25(35)27(13)38-5/h7-8,15,18-21,24,35-36H,9-10,12,31H2,1-6H3,(H,32,37)/t15-,18-,19-,20-,21-,24-/m0/s1. The van der Waals surface area contributed by atoms with E-state index < -0.39 is 18.1 Å². The van der Waals surface area contributed by atoms with Crippen LogP contribution < -0.4 is 20.5 Å². The van der Waals surface area contributed by atoms with Gasteiger partial charge in [0.15, 0.2) is 23.0 Å². The van der Waals surface area contributed by atoms with Crippen LogP contribution in [0.15, 0.2) is 12.1 Å². The number of nitrogens with zero attached hydrogens (tertiary/aromatic N) is 3. The minimum Gasteiger partial charge on any atom is -0.504 e. The zero-order valence-corrected chi connectivity index (χ0v) is 23.3. The van der Waals surface area contributed by atoms with Crippen molar-refractivity contribution in [3.8, 4) is 29.1 Å². The van der Waals surface area contributed by atoms with Crippen LogP contribution in [0.4, 0.5) is 0 Å². The Kier molecular flexibility index (Phi) is 6.87. The first-order chi connectivity index (χ1) is 18.5. The second-order valence-electron chi connectivity index (χ2n) is 11.0. The molecule has 0 unspecified atom stereocenters. The molecular formula is C29H37N5O5. The van der Waals surface area contributed by atoms with E-state index in [0.29, 0.717) is 29.9 Å². The summed E-state index contributed by atoms with van der Waals surface area (Å²) in [4.78, 5) is 16.9. The number of phenols is 2. The van der Waals surface area contributed by atoms with Gasteiger partial charge < -0.3 is 30.7 Å². The summed E-state index contributed by atoms with van der Waals surface area (Å²) in [5.74, 6) is 0.654. The van der Waals surface area contributed by atoms with Crippen molar-refractivity contribution in [1.29, 1.82) is 5.26 Å². The van der Waals surface area contributed by atoms with E-state index in [1.165, 1.54) is 7.11 Å². The van der Waals surface area contributed by atoms with Crippen LogP contribution in [0.2, 0.25) is 0 Å². The summed E-state index contributed by atoms with van der Waals surface area (Å²) in [7, 11) is 5.07. The van der Waals surface area contributed by atoms with Crippen molar-refractivity contribution in [3.63, 3.8) is 0 Å². The Balaban J connectivity index is 1.73. The first-order valence-electron chi connectivity index (χ1n) is 13.3. The summed E-state index contributed by atoms with van der Waals surface area (Å²) in [6.45, 7) is 5.56. The zero-order valence-electron chi connectivity index (χ0n) is 23.3. The van der Waals surface area contributed by atoms with Crippen LogP contribution in [-0.2, 0) is 17.6 Å². The number of carbonyl (C=O) groups is 1. The van der Waals surface area contributed by atoms with E-state index in [0.717, 1.165) is 27.8 Å². The van der Waals surface area contributed by atoms with E-state index in [-0.39, 0.29) is 42.1 Å². The van der Waals surface area contributed by atoms with E-state index in [4.69, 9.17) is 15.2 Å². The molecule has 39 heavy (non-hydrogen) atoms. The predicted molar refractivity (Wildman–Crippen MR) is 145 cm³/mol. The number of ether oxygens (including phenoxy) is 2. The third-order valence-electron chi connectivity index (χ3n) is 8.80. The summed E-state index contributed by atoms with van der Waals surface area (Å²) in [5.41, 5.74) is 10.9. The molecular weight excluding hydrogens is 498 g/mol. The number of nitrogens with two attached hydrogens (primary N) is 1. The fraction of sp³-hybridized carbons (Fsp3) is 0.517. The number of benzene rings is 2. The highest BCUT2D eigenvalue weighted by Crippen LogP contribution is 2.55. The highest BCUT2D eigenvalue weighted by Gasteiger charge is 2.55. The number of fused-ring (bicyclic) bond motifs is 7. The normalized spacial score (nSPS) is 26.5. The fourth-order valence-corrected chi connectivity index (χ4v) is 7.17. The summed E-state index contributed by atoms with van der Waals surface area (Å²) in [6, 6.07) is 4.21. The molecule has 5 rings (SSSR count). The molecule has 2 aromatic rings. The maximum Gasteiger partial charge on any atom is 0.236 e. The van der Waals surface area contributed by atoms with Crippen LogP contribution >= 0.6 is 0 Å². The van der Waals surface area contributed by atoms with Gasteiger partial charge in [-0.1, -0.05) is 12.1 Å². The number of phenolic OH excluding ortho intramolecular Hbond substituents is 2. The third kappa shape index (κ3) is 3.99. The molecule has 10 heteroatoms. The first-order valence-corrected chi connectivity index (χ1v) is 13.3. The molecule has 2 aromatic carbocycles. The second kappa shape index (κ2) is 9.90. The average Bonchev–Trinajstić information content (AvgIpc) is 2.88. The van der Waals surface area contributed by atoms with Crippen LogP contribution in [0, 0.1) is 25.2 Å². The zero-order chi connectivity index (χ0) is 28.3. The quantitative estimate of drug-likeness (QED) is 0.452. The van der Waals surface area contributed by atoms with E-state index >= 15 is 0 Å². The van der Waals surface area contributed by atoms with Crippen molar-refractivity contribution in [3.05, 3.63) is 45.5 Å². The number of piperazine rings is 1. The van der Waals surface area contributed by atoms with Crippen LogP contribution in [0.3, 0.4) is 0 Å². The molecule has 0 saturated carbocycles. The Bertz CT molecular complexity index is 1370. The highest BCUT2D eigenvalue weighted by atomic mass is 16.5. The highest BCUT2D eigenvalue weighted by molar-refractivity contribution is 5.81. The van der Waals surface area contributed by atoms with E-state index in [1.54, 1.807) is 14.0 Å². The molecule has 0 radical (unpaired) electrons. The largest absolute Gasteiger partial charge is 0.504 e. The number of methoxy groups -OCH3 is 2. The molecule has 0 aliphatic carbocycles. The van der Waals surface area contributed by atoms with Gasteiger partial charge in [-0.05, 0) is 62.9 Å². The van der Waals surface area contributed by atoms with Crippen molar-refractivity contribution in [1.82, 2.24) is 15.1 Å². The Hall–Kier alpha value is -3.52. The topological polar surface area (TPSA) is 144 Å². The van der Waals surface area contributed by atoms with Gasteiger partial charge in [-0.25, -0.2) is 0 Å². The molecule has 208 valence electrons. The summed E-state index contributed by atoms with van der Waals surface area (Å²) >= 11 is 0. The Morgan fingerprint density at radius 2 is 1.64 bits per heavy atom. The number of hydrogen-bond acceptors (Lipinski definition) is 9. The number of hydrogen-bond donors (Lipinski definition) is 4. The van der Waals surface area contributed by atoms with Gasteiger partial charge in [0.2, 0.25) is 5.91 Å². The minimum absolute atomic E-state index is 0.0207. The fourth-order valence-electron chi connectivity index (χ4n) is 7.17. The molecule has 3 heterocycles. The number of rotatable bonds is 5. The third-order valence-corrected chi connectivity index (χ3v) is 8.80. The number of nitriles is 1. The first kappa shape index (κ1) is 27.1. The van der Waals surface area contributed by atoms with Gasteiger partial charge in [0.25, 0.3) is 0 Å². The molecule has 5 N–H and O–H groups in total. The van der Waals surface area contributed by atoms with Gasteiger partial charge in [-0.3, -0.25) is 14.6 Å².